The van der Waals surface area contributed by atoms with E-state index in [1.165, 1.54) is 0 Å². The van der Waals surface area contributed by atoms with Crippen molar-refractivity contribution >= 4 is 59.9 Å². The average Bonchev–Trinajstić information content (AvgIpc) is 2.51. The van der Waals surface area contributed by atoms with E-state index in [4.69, 9.17) is 5.26 Å². The van der Waals surface area contributed by atoms with Gasteiger partial charge in [0.1, 0.15) is 0 Å². The van der Waals surface area contributed by atoms with E-state index >= 15 is 0 Å². The van der Waals surface area contributed by atoms with Gasteiger partial charge in [0, 0.05) is 18.8 Å². The molecule has 1 aromatic carbocycles. The minimum absolute atomic E-state index is 0.754. The van der Waals surface area contributed by atoms with Crippen LogP contribution in [0.3, 0.4) is 0 Å². The molecule has 4 heteroatoms. The molecule has 1 heterocycles. The second-order valence-electron chi connectivity index (χ2n) is 2.49. The number of nitrogens with zero attached hydrogens (tertiary/aromatic N) is 1. The molecule has 13 heavy (non-hydrogen) atoms. The summed E-state index contributed by atoms with van der Waals surface area (Å²) in [6.07, 6.45) is 0. The Balaban J connectivity index is 2.99. The summed E-state index contributed by atoms with van der Waals surface area (Å²) in [5.41, 5.74) is 0.754. The van der Waals surface area contributed by atoms with Crippen LogP contribution in [0.2, 0.25) is 0 Å². The second-order valence-corrected chi connectivity index (χ2v) is 5.39. The fourth-order valence-electron chi connectivity index (χ4n) is 1.17. The van der Waals surface area contributed by atoms with Gasteiger partial charge in [-0.25, -0.2) is 0 Å². The molecule has 0 aliphatic heterocycles. The summed E-state index contributed by atoms with van der Waals surface area (Å²) >= 11 is 7.39. The number of hydrogen-bond acceptors (Lipinski definition) is 2. The van der Waals surface area contributed by atoms with Gasteiger partial charge in [0.05, 0.1) is 16.3 Å². The van der Waals surface area contributed by atoms with E-state index in [0.29, 0.717) is 0 Å². The fraction of sp³-hybridized carbons (Fsp3) is 0. The number of nitriles is 1. The molecule has 1 aromatic heterocycles. The Bertz CT molecular complexity index is 512. The quantitative estimate of drug-likeness (QED) is 0.645. The third-order valence-electron chi connectivity index (χ3n) is 1.75. The van der Waals surface area contributed by atoms with Crippen LogP contribution in [0.1, 0.15) is 5.56 Å². The van der Waals surface area contributed by atoms with Crippen LogP contribution in [0, 0.1) is 14.9 Å². The summed E-state index contributed by atoms with van der Waals surface area (Å²) in [5, 5.41) is 12.0. The molecule has 2 aromatic rings. The summed E-state index contributed by atoms with van der Waals surface area (Å²) in [6.45, 7) is 0. The fourth-order valence-corrected chi connectivity index (χ4v) is 3.77. The first-order valence-electron chi connectivity index (χ1n) is 3.49. The zero-order valence-corrected chi connectivity index (χ0v) is 10.9. The first-order valence-corrected chi connectivity index (χ1v) is 6.24. The third-order valence-corrected chi connectivity index (χ3v) is 4.96. The van der Waals surface area contributed by atoms with Gasteiger partial charge in [-0.2, -0.15) is 5.26 Å². The molecule has 0 saturated carbocycles. The van der Waals surface area contributed by atoms with E-state index < -0.39 is 0 Å². The second kappa shape index (κ2) is 3.56. The summed E-state index contributed by atoms with van der Waals surface area (Å²) in [7, 11) is 0. The molecule has 2 rings (SSSR count). The van der Waals surface area contributed by atoms with Crippen molar-refractivity contribution in [1.82, 2.24) is 0 Å². The SMILES string of the molecule is N#Cc1ccc(Br)c2scc(I)c12. The first-order chi connectivity index (χ1) is 6.24. The molecule has 0 unspecified atom stereocenters. The van der Waals surface area contributed by atoms with Crippen molar-refractivity contribution < 1.29 is 0 Å². The van der Waals surface area contributed by atoms with Crippen LogP contribution in [0.5, 0.6) is 0 Å². The van der Waals surface area contributed by atoms with Gasteiger partial charge in [-0.3, -0.25) is 0 Å². The Morgan fingerprint density at radius 2 is 2.23 bits per heavy atom. The van der Waals surface area contributed by atoms with Crippen LogP contribution in [0.15, 0.2) is 22.0 Å². The number of benzene rings is 1. The van der Waals surface area contributed by atoms with Gasteiger partial charge in [0.25, 0.3) is 0 Å². The lowest BCUT2D eigenvalue weighted by atomic mass is 10.1. The van der Waals surface area contributed by atoms with E-state index in [1.807, 2.05) is 12.1 Å². The molecule has 0 radical (unpaired) electrons. The Labute approximate surface area is 102 Å². The number of hydrogen-bond donors (Lipinski definition) is 0. The summed E-state index contributed by atoms with van der Waals surface area (Å²) < 4.78 is 3.37. The Kier molecular flexibility index (Phi) is 2.58. The van der Waals surface area contributed by atoms with Gasteiger partial charge < -0.3 is 0 Å². The van der Waals surface area contributed by atoms with Crippen molar-refractivity contribution in [1.29, 1.82) is 5.26 Å². The highest BCUT2D eigenvalue weighted by atomic mass is 127. The highest BCUT2D eigenvalue weighted by molar-refractivity contribution is 14.1. The molecule has 0 saturated heterocycles. The Morgan fingerprint density at radius 1 is 1.46 bits per heavy atom. The Morgan fingerprint density at radius 3 is 2.92 bits per heavy atom. The van der Waals surface area contributed by atoms with E-state index in [1.54, 1.807) is 11.3 Å². The number of halogens is 2. The summed E-state index contributed by atoms with van der Waals surface area (Å²) in [6, 6.07) is 5.98. The van der Waals surface area contributed by atoms with E-state index in [0.717, 1.165) is 23.7 Å². The van der Waals surface area contributed by atoms with E-state index in [-0.39, 0.29) is 0 Å². The highest BCUT2D eigenvalue weighted by Gasteiger charge is 2.09. The maximum absolute atomic E-state index is 8.91. The lowest BCUT2D eigenvalue weighted by molar-refractivity contribution is 1.50. The topological polar surface area (TPSA) is 23.8 Å². The standard InChI is InChI=1S/C9H3BrINS/c10-6-2-1-5(3-12)8-7(11)4-13-9(6)8/h1-2,4H. The van der Waals surface area contributed by atoms with Crippen LogP contribution < -0.4 is 0 Å². The molecule has 0 N–H and O–H groups in total. The normalized spacial score (nSPS) is 10.2. The molecule has 0 aliphatic carbocycles. The van der Waals surface area contributed by atoms with Crippen LogP contribution in [-0.2, 0) is 0 Å². The zero-order valence-electron chi connectivity index (χ0n) is 6.34. The predicted molar refractivity (Wildman–Crippen MR) is 67.0 cm³/mol. The number of rotatable bonds is 0. The van der Waals surface area contributed by atoms with Crippen LogP contribution in [0.25, 0.3) is 10.1 Å². The van der Waals surface area contributed by atoms with Crippen molar-refractivity contribution in [3.8, 4) is 6.07 Å². The van der Waals surface area contributed by atoms with Gasteiger partial charge in [0.2, 0.25) is 0 Å². The number of fused-ring (bicyclic) bond motifs is 1. The van der Waals surface area contributed by atoms with Gasteiger partial charge in [-0.15, -0.1) is 11.3 Å². The average molecular weight is 364 g/mol. The largest absolute Gasteiger partial charge is 0.192 e. The number of thiophene rings is 1. The van der Waals surface area contributed by atoms with Crippen LogP contribution in [0.4, 0.5) is 0 Å². The van der Waals surface area contributed by atoms with Crippen molar-refractivity contribution in [2.75, 3.05) is 0 Å². The van der Waals surface area contributed by atoms with E-state index in [9.17, 15) is 0 Å². The Hall–Kier alpha value is -0.120. The smallest absolute Gasteiger partial charge is 0.0998 e. The van der Waals surface area contributed by atoms with Crippen molar-refractivity contribution in [3.05, 3.63) is 31.1 Å². The van der Waals surface area contributed by atoms with Crippen molar-refractivity contribution in [3.63, 3.8) is 0 Å². The molecular formula is C9H3BrINS. The molecule has 64 valence electrons. The molecule has 0 amide bonds. The molecule has 0 fully saturated rings. The van der Waals surface area contributed by atoms with Crippen molar-refractivity contribution in [2.24, 2.45) is 0 Å². The van der Waals surface area contributed by atoms with Gasteiger partial charge in [-0.05, 0) is 50.7 Å². The van der Waals surface area contributed by atoms with Gasteiger partial charge >= 0.3 is 0 Å². The van der Waals surface area contributed by atoms with Crippen LogP contribution in [-0.4, -0.2) is 0 Å². The maximum Gasteiger partial charge on any atom is 0.0998 e. The van der Waals surface area contributed by atoms with Crippen LogP contribution >= 0.6 is 49.9 Å². The molecule has 0 spiro atoms. The highest BCUT2D eigenvalue weighted by Crippen LogP contribution is 2.35. The van der Waals surface area contributed by atoms with E-state index in [2.05, 4.69) is 50.0 Å². The van der Waals surface area contributed by atoms with Gasteiger partial charge in [-0.1, -0.05) is 0 Å². The minimum atomic E-state index is 0.754. The summed E-state index contributed by atoms with van der Waals surface area (Å²) in [5.74, 6) is 0. The first kappa shape index (κ1) is 9.44. The molecular weight excluding hydrogens is 361 g/mol. The monoisotopic (exact) mass is 363 g/mol. The lowest BCUT2D eigenvalue weighted by Crippen LogP contribution is -1.77. The third kappa shape index (κ3) is 1.49. The summed E-state index contributed by atoms with van der Waals surface area (Å²) in [4.78, 5) is 0. The predicted octanol–water partition coefficient (Wildman–Crippen LogP) is 4.14. The van der Waals surface area contributed by atoms with Gasteiger partial charge in [0.15, 0.2) is 0 Å². The molecule has 1 nitrogen and oxygen atoms in total. The molecule has 0 bridgehead atoms. The lowest BCUT2D eigenvalue weighted by Gasteiger charge is -1.96. The minimum Gasteiger partial charge on any atom is -0.192 e. The molecule has 0 aliphatic rings. The maximum atomic E-state index is 8.91. The zero-order chi connectivity index (χ0) is 9.42. The van der Waals surface area contributed by atoms with Crippen molar-refractivity contribution in [2.45, 2.75) is 0 Å². The molecule has 0 atom stereocenters.